The number of ether oxygens (including phenoxy) is 1. The van der Waals surface area contributed by atoms with Crippen molar-refractivity contribution >= 4 is 33.7 Å². The summed E-state index contributed by atoms with van der Waals surface area (Å²) in [5.41, 5.74) is 0. The minimum Gasteiger partial charge on any atom is -0.459 e. The molecule has 0 aliphatic carbocycles. The molecule has 2 aromatic heterocycles. The number of nitrogens with zero attached hydrogens (tertiary/aromatic N) is 3. The SMILES string of the molecule is CCOC(=O)c1nnc(Sc2ccncc2Br)o1. The number of aromatic nitrogens is 3. The highest BCUT2D eigenvalue weighted by molar-refractivity contribution is 9.10. The van der Waals surface area contributed by atoms with Crippen molar-refractivity contribution in [2.75, 3.05) is 6.61 Å². The Kier molecular flexibility index (Phi) is 4.32. The largest absolute Gasteiger partial charge is 0.459 e. The summed E-state index contributed by atoms with van der Waals surface area (Å²) >= 11 is 4.59. The van der Waals surface area contributed by atoms with E-state index in [-0.39, 0.29) is 17.7 Å². The van der Waals surface area contributed by atoms with Crippen LogP contribution in [0.25, 0.3) is 0 Å². The Morgan fingerprint density at radius 1 is 1.56 bits per heavy atom. The summed E-state index contributed by atoms with van der Waals surface area (Å²) in [4.78, 5) is 16.1. The van der Waals surface area contributed by atoms with Crippen molar-refractivity contribution in [3.8, 4) is 0 Å². The molecule has 0 atom stereocenters. The molecule has 0 unspecified atom stereocenters. The first-order valence-corrected chi connectivity index (χ1v) is 6.59. The van der Waals surface area contributed by atoms with Crippen LogP contribution in [0.4, 0.5) is 0 Å². The van der Waals surface area contributed by atoms with E-state index in [4.69, 9.17) is 9.15 Å². The Hall–Kier alpha value is -1.41. The van der Waals surface area contributed by atoms with Gasteiger partial charge < -0.3 is 9.15 Å². The number of rotatable bonds is 4. The molecule has 2 rings (SSSR count). The maximum atomic E-state index is 11.3. The molecule has 2 aromatic rings. The maximum Gasteiger partial charge on any atom is 0.396 e. The van der Waals surface area contributed by atoms with Crippen molar-refractivity contribution in [1.29, 1.82) is 0 Å². The van der Waals surface area contributed by atoms with Gasteiger partial charge in [-0.15, -0.1) is 5.10 Å². The second-order valence-corrected chi connectivity index (χ2v) is 4.85. The van der Waals surface area contributed by atoms with Crippen LogP contribution in [0.3, 0.4) is 0 Å². The van der Waals surface area contributed by atoms with E-state index in [1.54, 1.807) is 25.4 Å². The van der Waals surface area contributed by atoms with Crippen LogP contribution in [-0.4, -0.2) is 27.8 Å². The van der Waals surface area contributed by atoms with Gasteiger partial charge in [0.25, 0.3) is 5.22 Å². The number of hydrogen-bond donors (Lipinski definition) is 0. The molecule has 18 heavy (non-hydrogen) atoms. The Labute approximate surface area is 115 Å². The fourth-order valence-corrected chi connectivity index (χ4v) is 2.23. The first kappa shape index (κ1) is 13.0. The van der Waals surface area contributed by atoms with Crippen LogP contribution in [0.1, 0.15) is 17.6 Å². The summed E-state index contributed by atoms with van der Waals surface area (Å²) in [6, 6.07) is 1.79. The number of carbonyl (C=O) groups excluding carboxylic acids is 1. The molecular weight excluding hydrogens is 322 g/mol. The molecule has 0 aliphatic heterocycles. The first-order valence-electron chi connectivity index (χ1n) is 4.98. The smallest absolute Gasteiger partial charge is 0.396 e. The van der Waals surface area contributed by atoms with Gasteiger partial charge in [0, 0.05) is 21.8 Å². The zero-order chi connectivity index (χ0) is 13.0. The number of carbonyl (C=O) groups is 1. The average Bonchev–Trinajstić information content (AvgIpc) is 2.81. The van der Waals surface area contributed by atoms with Gasteiger partial charge in [0.05, 0.1) is 6.61 Å². The molecule has 8 heteroatoms. The molecule has 0 amide bonds. The zero-order valence-corrected chi connectivity index (χ0v) is 11.7. The van der Waals surface area contributed by atoms with E-state index >= 15 is 0 Å². The molecule has 94 valence electrons. The molecule has 6 nitrogen and oxygen atoms in total. The van der Waals surface area contributed by atoms with Crippen LogP contribution in [0.5, 0.6) is 0 Å². The molecule has 0 N–H and O–H groups in total. The molecule has 0 fully saturated rings. The average molecular weight is 330 g/mol. The van der Waals surface area contributed by atoms with Crippen molar-refractivity contribution in [1.82, 2.24) is 15.2 Å². The summed E-state index contributed by atoms with van der Waals surface area (Å²) in [7, 11) is 0. The molecule has 0 aliphatic rings. The molecule has 0 saturated carbocycles. The normalized spacial score (nSPS) is 10.3. The van der Waals surface area contributed by atoms with Gasteiger partial charge in [0.1, 0.15) is 0 Å². The number of pyridine rings is 1. The van der Waals surface area contributed by atoms with Gasteiger partial charge in [0.15, 0.2) is 0 Å². The lowest BCUT2D eigenvalue weighted by atomic mass is 10.5. The van der Waals surface area contributed by atoms with E-state index in [2.05, 4.69) is 31.1 Å². The molecular formula is C10H8BrN3O3S. The third-order valence-corrected chi connectivity index (χ3v) is 3.60. The molecule has 0 saturated heterocycles. The van der Waals surface area contributed by atoms with Crippen LogP contribution < -0.4 is 0 Å². The lowest BCUT2D eigenvalue weighted by Gasteiger charge is -1.98. The predicted molar refractivity (Wildman–Crippen MR) is 66.3 cm³/mol. The zero-order valence-electron chi connectivity index (χ0n) is 9.29. The van der Waals surface area contributed by atoms with E-state index in [1.165, 1.54) is 11.8 Å². The number of esters is 1. The van der Waals surface area contributed by atoms with Gasteiger partial charge in [-0.2, -0.15) is 0 Å². The molecule has 0 spiro atoms. The minimum absolute atomic E-state index is 0.149. The van der Waals surface area contributed by atoms with E-state index in [9.17, 15) is 4.79 Å². The van der Waals surface area contributed by atoms with Crippen LogP contribution in [0, 0.1) is 0 Å². The predicted octanol–water partition coefficient (Wildman–Crippen LogP) is 2.56. The van der Waals surface area contributed by atoms with Crippen molar-refractivity contribution in [3.05, 3.63) is 28.8 Å². The van der Waals surface area contributed by atoms with Crippen molar-refractivity contribution in [3.63, 3.8) is 0 Å². The van der Waals surface area contributed by atoms with Crippen molar-refractivity contribution in [2.24, 2.45) is 0 Å². The van der Waals surface area contributed by atoms with Crippen LogP contribution >= 0.6 is 27.7 Å². The minimum atomic E-state index is -0.620. The number of halogens is 1. The molecule has 2 heterocycles. The molecule has 0 bridgehead atoms. The highest BCUT2D eigenvalue weighted by atomic mass is 79.9. The lowest BCUT2D eigenvalue weighted by molar-refractivity contribution is 0.0475. The van der Waals surface area contributed by atoms with Crippen LogP contribution in [-0.2, 0) is 4.74 Å². The topological polar surface area (TPSA) is 78.1 Å². The summed E-state index contributed by atoms with van der Waals surface area (Å²) < 4.78 is 10.7. The van der Waals surface area contributed by atoms with Crippen molar-refractivity contribution in [2.45, 2.75) is 17.0 Å². The summed E-state index contributed by atoms with van der Waals surface area (Å²) in [5.74, 6) is -0.768. The monoisotopic (exact) mass is 329 g/mol. The molecule has 0 radical (unpaired) electrons. The van der Waals surface area contributed by atoms with E-state index < -0.39 is 5.97 Å². The lowest BCUT2D eigenvalue weighted by Crippen LogP contribution is -2.04. The van der Waals surface area contributed by atoms with E-state index in [0.29, 0.717) is 0 Å². The van der Waals surface area contributed by atoms with E-state index in [0.717, 1.165) is 9.37 Å². The third kappa shape index (κ3) is 3.08. The highest BCUT2D eigenvalue weighted by Crippen LogP contribution is 2.31. The Balaban J connectivity index is 2.12. The van der Waals surface area contributed by atoms with E-state index in [1.807, 2.05) is 0 Å². The second kappa shape index (κ2) is 5.96. The second-order valence-electron chi connectivity index (χ2n) is 3.00. The van der Waals surface area contributed by atoms with Gasteiger partial charge in [-0.25, -0.2) is 4.79 Å². The van der Waals surface area contributed by atoms with Gasteiger partial charge in [-0.1, -0.05) is 5.10 Å². The summed E-state index contributed by atoms with van der Waals surface area (Å²) in [5, 5.41) is 7.65. The third-order valence-electron chi connectivity index (χ3n) is 1.79. The van der Waals surface area contributed by atoms with Gasteiger partial charge in [-0.05, 0) is 40.7 Å². The van der Waals surface area contributed by atoms with Crippen LogP contribution in [0.15, 0.2) is 37.5 Å². The van der Waals surface area contributed by atoms with Gasteiger partial charge in [0.2, 0.25) is 0 Å². The Bertz CT molecular complexity index is 561. The van der Waals surface area contributed by atoms with Gasteiger partial charge >= 0.3 is 11.9 Å². The fraction of sp³-hybridized carbons (Fsp3) is 0.200. The number of hydrogen-bond acceptors (Lipinski definition) is 7. The molecule has 0 aromatic carbocycles. The quantitative estimate of drug-likeness (QED) is 0.797. The summed E-state index contributed by atoms with van der Waals surface area (Å²) in [6.07, 6.45) is 3.31. The fourth-order valence-electron chi connectivity index (χ4n) is 1.07. The van der Waals surface area contributed by atoms with Gasteiger partial charge in [-0.3, -0.25) is 4.98 Å². The highest BCUT2D eigenvalue weighted by Gasteiger charge is 2.17. The maximum absolute atomic E-state index is 11.3. The first-order chi connectivity index (χ1) is 8.70. The van der Waals surface area contributed by atoms with Crippen LogP contribution in [0.2, 0.25) is 0 Å². The Morgan fingerprint density at radius 3 is 3.11 bits per heavy atom. The standard InChI is InChI=1S/C10H8BrN3O3S/c1-2-16-9(15)8-13-14-10(17-8)18-7-3-4-12-5-6(7)11/h3-5H,2H2,1H3. The van der Waals surface area contributed by atoms with Crippen molar-refractivity contribution < 1.29 is 13.9 Å². The Morgan fingerprint density at radius 2 is 2.39 bits per heavy atom. The summed E-state index contributed by atoms with van der Waals surface area (Å²) in [6.45, 7) is 1.97.